The lowest BCUT2D eigenvalue weighted by Gasteiger charge is -2.41. The molecule has 2 atom stereocenters. The maximum absolute atomic E-state index is 6.08. The first-order valence-corrected chi connectivity index (χ1v) is 12.8. The van der Waals surface area contributed by atoms with Crippen molar-refractivity contribution in [1.29, 1.82) is 0 Å². The van der Waals surface area contributed by atoms with E-state index in [1.54, 1.807) is 0 Å². The normalized spacial score (nSPS) is 25.9. The van der Waals surface area contributed by atoms with Gasteiger partial charge in [0, 0.05) is 57.2 Å². The van der Waals surface area contributed by atoms with Crippen LogP contribution in [0.4, 0.5) is 0 Å². The standard InChI is InChI=1S/C26H42N4O2.HI/c1-2-27-25(28-19-23-11-16-32-24(23)22-9-5-3-6-10-22)29-20-26(12-7-4-8-13-26)21-30-14-17-31-18-15-30;/h3,5-6,9-10,23-24H,2,4,7-8,11-21H2,1H3,(H2,27,28,29);1H. The van der Waals surface area contributed by atoms with Crippen LogP contribution in [0.5, 0.6) is 0 Å². The molecule has 4 rings (SSSR count). The van der Waals surface area contributed by atoms with Crippen LogP contribution < -0.4 is 10.6 Å². The molecule has 2 heterocycles. The third-order valence-electron chi connectivity index (χ3n) is 7.37. The summed E-state index contributed by atoms with van der Waals surface area (Å²) in [4.78, 5) is 7.73. The summed E-state index contributed by atoms with van der Waals surface area (Å²) in [5.41, 5.74) is 1.59. The summed E-state index contributed by atoms with van der Waals surface area (Å²) < 4.78 is 11.7. The van der Waals surface area contributed by atoms with Gasteiger partial charge in [-0.3, -0.25) is 9.89 Å². The predicted molar refractivity (Wildman–Crippen MR) is 145 cm³/mol. The number of rotatable bonds is 8. The molecule has 2 saturated heterocycles. The lowest BCUT2D eigenvalue weighted by molar-refractivity contribution is 0.00937. The smallest absolute Gasteiger partial charge is 0.191 e. The van der Waals surface area contributed by atoms with E-state index in [4.69, 9.17) is 14.5 Å². The summed E-state index contributed by atoms with van der Waals surface area (Å²) in [5, 5.41) is 7.13. The van der Waals surface area contributed by atoms with Gasteiger partial charge in [0.1, 0.15) is 0 Å². The zero-order valence-corrected chi connectivity index (χ0v) is 22.6. The largest absolute Gasteiger partial charge is 0.379 e. The van der Waals surface area contributed by atoms with Gasteiger partial charge < -0.3 is 20.1 Å². The topological polar surface area (TPSA) is 58.1 Å². The summed E-state index contributed by atoms with van der Waals surface area (Å²) in [5.74, 6) is 1.43. The molecule has 3 aliphatic rings. The fourth-order valence-corrected chi connectivity index (χ4v) is 5.57. The average Bonchev–Trinajstić information content (AvgIpc) is 3.31. The number of hydrogen-bond acceptors (Lipinski definition) is 4. The number of halogens is 1. The molecule has 3 fully saturated rings. The summed E-state index contributed by atoms with van der Waals surface area (Å²) >= 11 is 0. The number of morpholine rings is 1. The summed E-state index contributed by atoms with van der Waals surface area (Å²) in [6.45, 7) is 10.7. The molecule has 1 aliphatic carbocycles. The Morgan fingerprint density at radius 1 is 1.06 bits per heavy atom. The van der Waals surface area contributed by atoms with Crippen LogP contribution in [0, 0.1) is 11.3 Å². The fourth-order valence-electron chi connectivity index (χ4n) is 5.57. The maximum atomic E-state index is 6.08. The Morgan fingerprint density at radius 3 is 2.55 bits per heavy atom. The quantitative estimate of drug-likeness (QED) is 0.279. The van der Waals surface area contributed by atoms with Crippen LogP contribution in [-0.4, -0.2) is 69.9 Å². The number of nitrogens with one attached hydrogen (secondary N) is 2. The van der Waals surface area contributed by atoms with E-state index >= 15 is 0 Å². The van der Waals surface area contributed by atoms with Gasteiger partial charge in [-0.15, -0.1) is 24.0 Å². The van der Waals surface area contributed by atoms with E-state index in [-0.39, 0.29) is 30.1 Å². The Hall–Kier alpha value is -0.900. The maximum Gasteiger partial charge on any atom is 0.191 e. The van der Waals surface area contributed by atoms with Gasteiger partial charge in [0.05, 0.1) is 19.3 Å². The molecule has 7 heteroatoms. The zero-order valence-electron chi connectivity index (χ0n) is 20.3. The van der Waals surface area contributed by atoms with Gasteiger partial charge in [-0.2, -0.15) is 0 Å². The number of benzene rings is 1. The van der Waals surface area contributed by atoms with Crippen molar-refractivity contribution >= 4 is 29.9 Å². The predicted octanol–water partition coefficient (Wildman–Crippen LogP) is 4.22. The van der Waals surface area contributed by atoms with Crippen LogP contribution >= 0.6 is 24.0 Å². The Balaban J connectivity index is 0.00000306. The Morgan fingerprint density at radius 2 is 1.82 bits per heavy atom. The molecule has 0 radical (unpaired) electrons. The van der Waals surface area contributed by atoms with Crippen LogP contribution in [0.15, 0.2) is 35.3 Å². The zero-order chi connectivity index (χ0) is 22.1. The molecule has 1 aromatic rings. The van der Waals surface area contributed by atoms with Crippen molar-refractivity contribution in [3.8, 4) is 0 Å². The van der Waals surface area contributed by atoms with Gasteiger partial charge in [0.25, 0.3) is 0 Å². The minimum absolute atomic E-state index is 0. The monoisotopic (exact) mass is 570 g/mol. The summed E-state index contributed by atoms with van der Waals surface area (Å²) in [7, 11) is 0. The van der Waals surface area contributed by atoms with E-state index < -0.39 is 0 Å². The molecule has 2 aliphatic heterocycles. The number of nitrogens with zero attached hydrogens (tertiary/aromatic N) is 2. The van der Waals surface area contributed by atoms with Crippen molar-refractivity contribution in [3.05, 3.63) is 35.9 Å². The number of guanidine groups is 1. The SMILES string of the molecule is CCNC(=NCC1(CN2CCOCC2)CCCCC1)NCC1CCOC1c1ccccc1.I. The van der Waals surface area contributed by atoms with Gasteiger partial charge in [-0.05, 0) is 31.7 Å². The molecule has 33 heavy (non-hydrogen) atoms. The summed E-state index contributed by atoms with van der Waals surface area (Å²) in [6.07, 6.45) is 7.89. The van der Waals surface area contributed by atoms with Crippen molar-refractivity contribution < 1.29 is 9.47 Å². The first-order chi connectivity index (χ1) is 15.8. The van der Waals surface area contributed by atoms with Crippen LogP contribution in [0.2, 0.25) is 0 Å². The molecule has 0 amide bonds. The minimum Gasteiger partial charge on any atom is -0.379 e. The van der Waals surface area contributed by atoms with Crippen molar-refractivity contribution in [2.24, 2.45) is 16.3 Å². The third-order valence-corrected chi connectivity index (χ3v) is 7.37. The Kier molecular flexibility index (Phi) is 11.2. The molecule has 0 aromatic heterocycles. The second kappa shape index (κ2) is 13.9. The van der Waals surface area contributed by atoms with E-state index in [0.717, 1.165) is 71.5 Å². The number of hydrogen-bond donors (Lipinski definition) is 2. The highest BCUT2D eigenvalue weighted by Crippen LogP contribution is 2.38. The molecule has 1 saturated carbocycles. The van der Waals surface area contributed by atoms with Crippen molar-refractivity contribution in [2.75, 3.05) is 59.1 Å². The average molecular weight is 571 g/mol. The fraction of sp³-hybridized carbons (Fsp3) is 0.731. The molecule has 2 unspecified atom stereocenters. The molecule has 0 spiro atoms. The molecule has 0 bridgehead atoms. The molecular weight excluding hydrogens is 527 g/mol. The van der Waals surface area contributed by atoms with Crippen molar-refractivity contribution in [1.82, 2.24) is 15.5 Å². The van der Waals surface area contributed by atoms with E-state index in [1.807, 2.05) is 0 Å². The van der Waals surface area contributed by atoms with Gasteiger partial charge in [0.2, 0.25) is 0 Å². The van der Waals surface area contributed by atoms with E-state index in [9.17, 15) is 0 Å². The van der Waals surface area contributed by atoms with Gasteiger partial charge in [-0.1, -0.05) is 49.6 Å². The lowest BCUT2D eigenvalue weighted by atomic mass is 9.73. The van der Waals surface area contributed by atoms with Gasteiger partial charge >= 0.3 is 0 Å². The first kappa shape index (κ1) is 26.7. The molecule has 1 aromatic carbocycles. The Labute approximate surface area is 217 Å². The van der Waals surface area contributed by atoms with Crippen molar-refractivity contribution in [2.45, 2.75) is 51.6 Å². The number of aliphatic imine (C=N–C) groups is 1. The highest BCUT2D eigenvalue weighted by atomic mass is 127. The molecule has 6 nitrogen and oxygen atoms in total. The second-order valence-electron chi connectivity index (χ2n) is 9.78. The van der Waals surface area contributed by atoms with E-state index in [2.05, 4.69) is 52.8 Å². The van der Waals surface area contributed by atoms with E-state index in [0.29, 0.717) is 11.3 Å². The van der Waals surface area contributed by atoms with Gasteiger partial charge in [0.15, 0.2) is 5.96 Å². The lowest BCUT2D eigenvalue weighted by Crippen LogP contribution is -2.47. The van der Waals surface area contributed by atoms with Crippen LogP contribution in [0.25, 0.3) is 0 Å². The van der Waals surface area contributed by atoms with Crippen LogP contribution in [-0.2, 0) is 9.47 Å². The molecule has 2 N–H and O–H groups in total. The summed E-state index contributed by atoms with van der Waals surface area (Å²) in [6, 6.07) is 10.6. The Bertz CT molecular complexity index is 706. The third kappa shape index (κ3) is 7.80. The van der Waals surface area contributed by atoms with Crippen LogP contribution in [0.3, 0.4) is 0 Å². The highest BCUT2D eigenvalue weighted by Gasteiger charge is 2.35. The minimum atomic E-state index is 0. The number of ether oxygens (including phenoxy) is 2. The first-order valence-electron chi connectivity index (χ1n) is 12.8. The highest BCUT2D eigenvalue weighted by molar-refractivity contribution is 14.0. The van der Waals surface area contributed by atoms with Gasteiger partial charge in [-0.25, -0.2) is 0 Å². The van der Waals surface area contributed by atoms with Crippen molar-refractivity contribution in [3.63, 3.8) is 0 Å². The van der Waals surface area contributed by atoms with E-state index in [1.165, 1.54) is 37.7 Å². The molecule has 186 valence electrons. The molecular formula is C26H43IN4O2. The second-order valence-corrected chi connectivity index (χ2v) is 9.78. The van der Waals surface area contributed by atoms with Crippen LogP contribution in [0.1, 0.15) is 57.1 Å².